The van der Waals surface area contributed by atoms with E-state index < -0.39 is 0 Å². The first-order valence-corrected chi connectivity index (χ1v) is 13.7. The van der Waals surface area contributed by atoms with Crippen molar-refractivity contribution in [2.45, 2.75) is 18.9 Å². The molecule has 0 amide bonds. The van der Waals surface area contributed by atoms with Gasteiger partial charge >= 0.3 is 0 Å². The number of benzene rings is 1. The van der Waals surface area contributed by atoms with Crippen LogP contribution in [0.1, 0.15) is 12.8 Å². The van der Waals surface area contributed by atoms with E-state index in [9.17, 15) is 0 Å². The summed E-state index contributed by atoms with van der Waals surface area (Å²) in [7, 11) is 4.33. The zero-order chi connectivity index (χ0) is 26.6. The Hall–Kier alpha value is -4.02. The zero-order valence-corrected chi connectivity index (χ0v) is 22.6. The van der Waals surface area contributed by atoms with Gasteiger partial charge in [-0.3, -0.25) is 0 Å². The molecule has 3 N–H and O–H groups in total. The smallest absolute Gasteiger partial charge is 0.229 e. The summed E-state index contributed by atoms with van der Waals surface area (Å²) >= 11 is 0. The third kappa shape index (κ3) is 6.18. The molecule has 202 valence electrons. The molecule has 0 bridgehead atoms. The monoisotopic (exact) mass is 524 g/mol. The van der Waals surface area contributed by atoms with Crippen LogP contribution in [-0.2, 0) is 0 Å². The molecule has 6 rings (SSSR count). The molecular formula is C29H36N10. The van der Waals surface area contributed by atoms with Crippen molar-refractivity contribution in [3.8, 4) is 0 Å². The van der Waals surface area contributed by atoms with E-state index in [4.69, 9.17) is 9.97 Å². The van der Waals surface area contributed by atoms with E-state index >= 15 is 0 Å². The van der Waals surface area contributed by atoms with Crippen molar-refractivity contribution in [3.63, 3.8) is 0 Å². The van der Waals surface area contributed by atoms with Gasteiger partial charge in [0.05, 0.1) is 23.6 Å². The second kappa shape index (κ2) is 11.4. The Kier molecular flexibility index (Phi) is 7.38. The van der Waals surface area contributed by atoms with Crippen LogP contribution >= 0.6 is 0 Å². The Labute approximate surface area is 229 Å². The zero-order valence-electron chi connectivity index (χ0n) is 22.6. The highest BCUT2D eigenvalue weighted by molar-refractivity contribution is 5.92. The minimum atomic E-state index is 0.319. The standard InChI is InChI=1S/C29H36N10/c1-37-13-15-39(16-14-37)23-10-11-26(30-18-23)35-27-17-24-25(19-31-27)34-29(33-21-7-4-3-5-8-21)36-28(24)32-22-9-6-12-38(2)20-22/h3-5,7-8,10-11,17-19,22H,6,9,12-16,20H2,1-2H3,(H,30,31,35)(H2,32,33,34,36)/t22-/m0/s1. The van der Waals surface area contributed by atoms with Gasteiger partial charge in [-0.05, 0) is 63.8 Å². The van der Waals surface area contributed by atoms with E-state index in [0.29, 0.717) is 17.8 Å². The number of likely N-dealkylation sites (tertiary alicyclic amines) is 1. The lowest BCUT2D eigenvalue weighted by atomic mass is 10.1. The van der Waals surface area contributed by atoms with Crippen LogP contribution in [0.2, 0.25) is 0 Å². The number of piperidine rings is 1. The van der Waals surface area contributed by atoms with Gasteiger partial charge < -0.3 is 30.7 Å². The first kappa shape index (κ1) is 25.3. The summed E-state index contributed by atoms with van der Waals surface area (Å²) in [5.74, 6) is 2.82. The average Bonchev–Trinajstić information content (AvgIpc) is 2.95. The minimum absolute atomic E-state index is 0.319. The molecule has 1 atom stereocenters. The van der Waals surface area contributed by atoms with Gasteiger partial charge in [0.25, 0.3) is 0 Å². The molecule has 0 radical (unpaired) electrons. The number of piperazine rings is 1. The van der Waals surface area contributed by atoms with Gasteiger partial charge in [0.1, 0.15) is 17.5 Å². The Morgan fingerprint density at radius 3 is 2.38 bits per heavy atom. The predicted octanol–water partition coefficient (Wildman–Crippen LogP) is 4.16. The highest BCUT2D eigenvalue weighted by atomic mass is 15.3. The molecule has 39 heavy (non-hydrogen) atoms. The SMILES string of the molecule is CN1CCN(c2ccc(Nc3cc4c(N[C@H]5CCCN(C)C5)nc(Nc5ccccc5)nc4cn3)nc2)CC1. The van der Waals surface area contributed by atoms with E-state index in [-0.39, 0.29) is 0 Å². The van der Waals surface area contributed by atoms with Crippen molar-refractivity contribution in [2.24, 2.45) is 0 Å². The summed E-state index contributed by atoms with van der Waals surface area (Å²) in [5.41, 5.74) is 2.87. The van der Waals surface area contributed by atoms with E-state index in [1.54, 1.807) is 6.20 Å². The van der Waals surface area contributed by atoms with Crippen LogP contribution in [-0.4, -0.2) is 89.1 Å². The molecule has 3 aromatic heterocycles. The minimum Gasteiger partial charge on any atom is -0.368 e. The van der Waals surface area contributed by atoms with Crippen molar-refractivity contribution in [1.82, 2.24) is 29.7 Å². The fraction of sp³-hybridized carbons (Fsp3) is 0.379. The van der Waals surface area contributed by atoms with Crippen LogP contribution in [0.3, 0.4) is 0 Å². The molecule has 0 unspecified atom stereocenters. The summed E-state index contributed by atoms with van der Waals surface area (Å²) in [6.45, 7) is 6.28. The van der Waals surface area contributed by atoms with Crippen molar-refractivity contribution in [3.05, 3.63) is 60.9 Å². The second-order valence-electron chi connectivity index (χ2n) is 10.5. The van der Waals surface area contributed by atoms with Crippen LogP contribution < -0.4 is 20.9 Å². The van der Waals surface area contributed by atoms with Gasteiger partial charge in [-0.25, -0.2) is 15.0 Å². The Morgan fingerprint density at radius 2 is 1.62 bits per heavy atom. The van der Waals surface area contributed by atoms with Gasteiger partial charge in [0, 0.05) is 49.8 Å². The number of anilines is 6. The Balaban J connectivity index is 1.25. The van der Waals surface area contributed by atoms with Gasteiger partial charge in [-0.1, -0.05) is 18.2 Å². The number of likely N-dealkylation sites (N-methyl/N-ethyl adjacent to an activating group) is 2. The maximum atomic E-state index is 4.90. The molecule has 0 saturated carbocycles. The first-order chi connectivity index (χ1) is 19.1. The Bertz CT molecular complexity index is 1390. The molecule has 2 fully saturated rings. The molecule has 1 aromatic carbocycles. The molecule has 5 heterocycles. The largest absolute Gasteiger partial charge is 0.368 e. The number of nitrogens with one attached hydrogen (secondary N) is 3. The third-order valence-corrected chi connectivity index (χ3v) is 7.45. The fourth-order valence-electron chi connectivity index (χ4n) is 5.24. The topological polar surface area (TPSA) is 97.4 Å². The summed E-state index contributed by atoms with van der Waals surface area (Å²) in [4.78, 5) is 26.1. The number of rotatable bonds is 7. The quantitative estimate of drug-likeness (QED) is 0.327. The number of pyridine rings is 2. The number of fused-ring (bicyclic) bond motifs is 1. The summed E-state index contributed by atoms with van der Waals surface area (Å²) < 4.78 is 0. The van der Waals surface area contributed by atoms with E-state index in [0.717, 1.165) is 86.0 Å². The lowest BCUT2D eigenvalue weighted by Gasteiger charge is -2.33. The number of hydrogen-bond donors (Lipinski definition) is 3. The molecule has 2 saturated heterocycles. The molecule has 0 spiro atoms. The molecule has 10 heteroatoms. The van der Waals surface area contributed by atoms with Crippen LogP contribution in [0.5, 0.6) is 0 Å². The molecule has 0 aliphatic carbocycles. The van der Waals surface area contributed by atoms with Crippen LogP contribution in [0.4, 0.5) is 34.8 Å². The molecular weight excluding hydrogens is 488 g/mol. The lowest BCUT2D eigenvalue weighted by molar-refractivity contribution is 0.261. The van der Waals surface area contributed by atoms with E-state index in [1.165, 1.54) is 0 Å². The summed E-state index contributed by atoms with van der Waals surface area (Å²) in [6, 6.07) is 16.4. The van der Waals surface area contributed by atoms with Crippen molar-refractivity contribution in [1.29, 1.82) is 0 Å². The van der Waals surface area contributed by atoms with Gasteiger partial charge in [-0.15, -0.1) is 0 Å². The van der Waals surface area contributed by atoms with Crippen molar-refractivity contribution < 1.29 is 0 Å². The lowest BCUT2D eigenvalue weighted by Crippen LogP contribution is -2.44. The number of aromatic nitrogens is 4. The first-order valence-electron chi connectivity index (χ1n) is 13.7. The average molecular weight is 525 g/mol. The highest BCUT2D eigenvalue weighted by Crippen LogP contribution is 2.28. The number of nitrogens with zero attached hydrogens (tertiary/aromatic N) is 7. The van der Waals surface area contributed by atoms with E-state index in [1.807, 2.05) is 48.7 Å². The summed E-state index contributed by atoms with van der Waals surface area (Å²) in [5, 5.41) is 11.3. The second-order valence-corrected chi connectivity index (χ2v) is 10.5. The predicted molar refractivity (Wildman–Crippen MR) is 158 cm³/mol. The summed E-state index contributed by atoms with van der Waals surface area (Å²) in [6.07, 6.45) is 6.01. The molecule has 10 nitrogen and oxygen atoms in total. The molecule has 4 aromatic rings. The maximum absolute atomic E-state index is 4.90. The van der Waals surface area contributed by atoms with Crippen LogP contribution in [0.25, 0.3) is 10.9 Å². The highest BCUT2D eigenvalue weighted by Gasteiger charge is 2.20. The number of para-hydroxylation sites is 1. The molecule has 2 aliphatic rings. The molecule has 2 aliphatic heterocycles. The van der Waals surface area contributed by atoms with Crippen molar-refractivity contribution >= 4 is 45.7 Å². The number of hydrogen-bond acceptors (Lipinski definition) is 10. The van der Waals surface area contributed by atoms with E-state index in [2.05, 4.69) is 60.8 Å². The Morgan fingerprint density at radius 1 is 0.795 bits per heavy atom. The normalized spacial score (nSPS) is 18.7. The van der Waals surface area contributed by atoms with Crippen LogP contribution in [0, 0.1) is 0 Å². The van der Waals surface area contributed by atoms with Gasteiger partial charge in [-0.2, -0.15) is 4.98 Å². The van der Waals surface area contributed by atoms with Crippen LogP contribution in [0.15, 0.2) is 60.9 Å². The van der Waals surface area contributed by atoms with Crippen molar-refractivity contribution in [2.75, 3.05) is 74.2 Å². The third-order valence-electron chi connectivity index (χ3n) is 7.45. The van der Waals surface area contributed by atoms with Gasteiger partial charge in [0.2, 0.25) is 5.95 Å². The maximum Gasteiger partial charge on any atom is 0.229 e. The van der Waals surface area contributed by atoms with Gasteiger partial charge in [0.15, 0.2) is 0 Å². The fourth-order valence-corrected chi connectivity index (χ4v) is 5.24.